The minimum atomic E-state index is -4.52. The molecule has 0 saturated heterocycles. The van der Waals surface area contributed by atoms with Gasteiger partial charge in [-0.05, 0) is 22.3 Å². The van der Waals surface area contributed by atoms with E-state index in [-0.39, 0.29) is 69.3 Å². The van der Waals surface area contributed by atoms with E-state index in [9.17, 15) is 72.0 Å². The quantitative estimate of drug-likeness (QED) is 0.0223. The summed E-state index contributed by atoms with van der Waals surface area (Å²) in [6.07, 6.45) is 0. The molecule has 0 aliphatic rings. The third-order valence-electron chi connectivity index (χ3n) is 10.6. The van der Waals surface area contributed by atoms with E-state index in [1.807, 2.05) is 0 Å². The van der Waals surface area contributed by atoms with E-state index in [1.54, 1.807) is 72.8 Å². The lowest BCUT2D eigenvalue weighted by atomic mass is 9.92. The molecule has 0 heterocycles. The highest BCUT2D eigenvalue weighted by molar-refractivity contribution is 8.17. The van der Waals surface area contributed by atoms with Crippen molar-refractivity contribution in [2.24, 2.45) is 26.0 Å². The van der Waals surface area contributed by atoms with Gasteiger partial charge in [-0.2, -0.15) is 33.7 Å². The first-order valence-corrected chi connectivity index (χ1v) is 35.9. The van der Waals surface area contributed by atoms with Crippen LogP contribution in [0.1, 0.15) is 22.3 Å². The number of ether oxygens (including phenoxy) is 8. The average Bonchev–Trinajstić information content (AvgIpc) is 1.67. The van der Waals surface area contributed by atoms with Gasteiger partial charge in [0.15, 0.2) is 0 Å². The summed E-state index contributed by atoms with van der Waals surface area (Å²) in [6, 6.07) is 30.5. The number of carbonyl (C=O) groups excluding carboxylic acids is 8. The lowest BCUT2D eigenvalue weighted by molar-refractivity contribution is -0.167. The van der Waals surface area contributed by atoms with Crippen LogP contribution in [0.3, 0.4) is 0 Å². The molecule has 32 nitrogen and oxygen atoms in total. The Hall–Kier alpha value is -8.28. The third kappa shape index (κ3) is 30.4. The fourth-order valence-corrected chi connectivity index (χ4v) is 12.4. The van der Waals surface area contributed by atoms with Gasteiger partial charge >= 0.3 is 88.2 Å². The number of thioether (sulfide) groups is 4. The van der Waals surface area contributed by atoms with Crippen molar-refractivity contribution in [2.75, 3.05) is 77.9 Å². The molecule has 0 fully saturated rings. The van der Waals surface area contributed by atoms with E-state index in [1.165, 1.54) is 48.5 Å². The van der Waals surface area contributed by atoms with Crippen LogP contribution in [-0.4, -0.2) is 179 Å². The normalized spacial score (nSPS) is 12.9. The van der Waals surface area contributed by atoms with Crippen LogP contribution < -0.4 is 0 Å². The largest absolute Gasteiger partial charge is 0.464 e. The number of benzene rings is 4. The van der Waals surface area contributed by atoms with Crippen molar-refractivity contribution in [3.05, 3.63) is 144 Å². The maximum Gasteiger partial charge on any atom is 0.366 e. The molecule has 0 atom stereocenters. The molecule has 4 rings (SSSR count). The Balaban J connectivity index is 1.68. The van der Waals surface area contributed by atoms with Gasteiger partial charge in [-0.25, -0.2) is 19.2 Å². The van der Waals surface area contributed by atoms with Crippen LogP contribution in [0, 0.1) is 5.41 Å². The number of nitrogens with zero attached hydrogens (tertiary/aromatic N) is 4. The molecule has 0 aliphatic carbocycles. The Morgan fingerprint density at radius 1 is 0.323 bits per heavy atom. The molecule has 40 heteroatoms. The summed E-state index contributed by atoms with van der Waals surface area (Å²) in [5.74, 6) is -16.9. The number of methoxy groups -OCH3 is 4. The van der Waals surface area contributed by atoms with Crippen molar-refractivity contribution in [3.8, 4) is 0 Å². The highest BCUT2D eigenvalue weighted by Crippen LogP contribution is 2.25. The summed E-state index contributed by atoms with van der Waals surface area (Å²) in [5.41, 5.74) is -1.20. The molecule has 4 aromatic carbocycles. The number of rotatable bonds is 32. The molecule has 0 spiro atoms. The zero-order valence-corrected chi connectivity index (χ0v) is 55.6. The van der Waals surface area contributed by atoms with E-state index in [4.69, 9.17) is 18.9 Å². The third-order valence-corrected chi connectivity index (χ3v) is 18.1. The van der Waals surface area contributed by atoms with Crippen LogP contribution in [0.25, 0.3) is 0 Å². The van der Waals surface area contributed by atoms with Crippen LogP contribution in [0.4, 0.5) is 0 Å². The molecule has 93 heavy (non-hydrogen) atoms. The van der Waals surface area contributed by atoms with Gasteiger partial charge in [0.1, 0.15) is 54.9 Å². The van der Waals surface area contributed by atoms with Crippen LogP contribution in [0.5, 0.6) is 0 Å². The van der Waals surface area contributed by atoms with E-state index in [0.717, 1.165) is 28.4 Å². The number of carbonyl (C=O) groups is 8. The maximum absolute atomic E-state index is 13.6. The Morgan fingerprint density at radius 2 is 0.505 bits per heavy atom. The first kappa shape index (κ1) is 77.2. The number of hydrogen-bond acceptors (Lipinski definition) is 36. The molecule has 0 bridgehead atoms. The number of hydrogen-bond donors (Lipinski definition) is 0. The first-order chi connectivity index (χ1) is 44.1. The van der Waals surface area contributed by atoms with E-state index in [2.05, 4.69) is 56.7 Å². The van der Waals surface area contributed by atoms with Crippen molar-refractivity contribution >= 4 is 155 Å². The molecule has 0 N–H and O–H groups in total. The number of oxime groups is 4. The zero-order chi connectivity index (χ0) is 68.5. The van der Waals surface area contributed by atoms with Crippen molar-refractivity contribution in [3.63, 3.8) is 0 Å². The molecule has 0 amide bonds. The van der Waals surface area contributed by atoms with Crippen LogP contribution >= 0.6 is 47.0 Å². The van der Waals surface area contributed by atoms with Gasteiger partial charge in [0, 0.05) is 0 Å². The van der Waals surface area contributed by atoms with Gasteiger partial charge in [0.25, 0.3) is 0 Å². The van der Waals surface area contributed by atoms with Crippen molar-refractivity contribution in [1.82, 2.24) is 0 Å². The summed E-state index contributed by atoms with van der Waals surface area (Å²) >= 11 is 0.912. The predicted octanol–water partition coefficient (Wildman–Crippen LogP) is 3.21. The van der Waals surface area contributed by atoms with Gasteiger partial charge in [0.2, 0.25) is 20.2 Å². The summed E-state index contributed by atoms with van der Waals surface area (Å²) in [5, 5.41) is 10.1. The lowest BCUT2D eigenvalue weighted by Gasteiger charge is -2.31. The van der Waals surface area contributed by atoms with Crippen LogP contribution in [0.15, 0.2) is 142 Å². The van der Waals surface area contributed by atoms with Gasteiger partial charge < -0.3 is 37.9 Å². The number of esters is 8. The molecule has 504 valence electrons. The lowest BCUT2D eigenvalue weighted by Crippen LogP contribution is -2.44. The molecule has 0 unspecified atom stereocenters. The Morgan fingerprint density at radius 3 is 0.677 bits per heavy atom. The standard InChI is InChI=1S/C53H56N4O28S8/c1-74-49(62)45(54-82-90(66,67)29-37-17-9-5-10-18-37)86-25-41(58)78-33-53(34-79-42(59)26-87-46(50(63)75-2)55-83-91(68,69)30-38-19-11-6-12-20-38,35-80-43(60)27-88-47(51(64)76-3)56-84-92(70,71)31-39-21-13-7-14-22-39)36-81-44(61)28-89-48(52(65)77-4)57-85-93(72,73)32-40-23-15-8-16-24-40/h5-24H,25-36H2,1-4H3. The Bertz CT molecular complexity index is 3330. The Labute approximate surface area is 549 Å². The van der Waals surface area contributed by atoms with Crippen LogP contribution in [0.2, 0.25) is 0 Å². The predicted molar refractivity (Wildman–Crippen MR) is 335 cm³/mol. The minimum Gasteiger partial charge on any atom is -0.464 e. The zero-order valence-electron chi connectivity index (χ0n) is 49.0. The first-order valence-electron chi connectivity index (χ1n) is 25.7. The summed E-state index contributed by atoms with van der Waals surface area (Å²) in [7, 11) is -14.5. The summed E-state index contributed by atoms with van der Waals surface area (Å²) in [4.78, 5) is 105. The van der Waals surface area contributed by atoms with Gasteiger partial charge in [-0.15, -0.1) is 0 Å². The molecular formula is C53H56N4O28S8. The van der Waals surface area contributed by atoms with Crippen molar-refractivity contribution < 1.29 is 127 Å². The second-order valence-corrected chi connectivity index (χ2v) is 28.0. The van der Waals surface area contributed by atoms with Crippen molar-refractivity contribution in [1.29, 1.82) is 0 Å². The fraction of sp³-hybridized carbons (Fsp3) is 0.321. The summed E-state index contributed by atoms with van der Waals surface area (Å²) in [6.45, 7) is -4.48. The van der Waals surface area contributed by atoms with Crippen molar-refractivity contribution in [2.45, 2.75) is 23.0 Å². The fourth-order valence-electron chi connectivity index (χ4n) is 6.28. The van der Waals surface area contributed by atoms with Gasteiger partial charge in [0.05, 0.1) is 51.5 Å². The Kier molecular flexibility index (Phi) is 32.1. The van der Waals surface area contributed by atoms with Crippen LogP contribution in [-0.2, 0) is 157 Å². The van der Waals surface area contributed by atoms with Gasteiger partial charge in [-0.3, -0.25) is 36.3 Å². The second kappa shape index (κ2) is 38.7. The average molecular weight is 1450 g/mol. The van der Waals surface area contributed by atoms with E-state index < -0.39 is 186 Å². The van der Waals surface area contributed by atoms with E-state index >= 15 is 0 Å². The highest BCUT2D eigenvalue weighted by atomic mass is 32.2. The molecule has 4 aromatic rings. The molecule has 0 saturated carbocycles. The smallest absolute Gasteiger partial charge is 0.366 e. The minimum absolute atomic E-state index is 0.228. The maximum atomic E-state index is 13.6. The van der Waals surface area contributed by atoms with Gasteiger partial charge in [-0.1, -0.05) is 189 Å². The molecule has 0 aromatic heterocycles. The van der Waals surface area contributed by atoms with E-state index in [0.29, 0.717) is 0 Å². The highest BCUT2D eigenvalue weighted by Gasteiger charge is 2.39. The SMILES string of the molecule is COC(=O)C(=NOS(=O)(=O)Cc1ccccc1)SCC(=O)OCC(COC(=O)CSC(=NOS(=O)(=O)Cc1ccccc1)C(=O)OC)(COC(=O)CSC(=NOS(=O)(=O)Cc1ccccc1)C(=O)OC)COC(=O)CSC(=NOS(=O)(=O)Cc1ccccc1)C(=O)OC. The molecular weight excluding hydrogens is 1400 g/mol. The summed E-state index contributed by atoms with van der Waals surface area (Å²) < 4.78 is 161. The molecule has 0 radical (unpaired) electrons. The second-order valence-electron chi connectivity index (χ2n) is 17.9. The molecule has 0 aliphatic heterocycles. The topological polar surface area (TPSA) is 433 Å². The monoisotopic (exact) mass is 1450 g/mol.